The van der Waals surface area contributed by atoms with E-state index in [1.807, 2.05) is 0 Å². The molecule has 0 spiro atoms. The standard InChI is InChI=1S/C17H26FN3.HI/c1-14-13-21(17(19-2)20-11-6-10-18)12-9-16(14)15-7-4-3-5-8-15;/h3-5,7-8,14,16H,6,9-13H2,1-2H3,(H,19,20);1H. The Morgan fingerprint density at radius 3 is 2.68 bits per heavy atom. The lowest BCUT2D eigenvalue weighted by Crippen LogP contribution is -2.48. The van der Waals surface area contributed by atoms with E-state index in [2.05, 4.69) is 52.5 Å². The topological polar surface area (TPSA) is 27.6 Å². The van der Waals surface area contributed by atoms with Crippen LogP contribution in [0.25, 0.3) is 0 Å². The van der Waals surface area contributed by atoms with Crippen LogP contribution in [0.2, 0.25) is 0 Å². The third-order valence-electron chi connectivity index (χ3n) is 4.24. The number of halogens is 2. The Morgan fingerprint density at radius 1 is 1.36 bits per heavy atom. The normalized spacial score (nSPS) is 22.1. The van der Waals surface area contributed by atoms with Crippen molar-refractivity contribution in [2.24, 2.45) is 10.9 Å². The van der Waals surface area contributed by atoms with Crippen LogP contribution >= 0.6 is 24.0 Å². The molecule has 1 aromatic rings. The fourth-order valence-electron chi connectivity index (χ4n) is 3.13. The van der Waals surface area contributed by atoms with Crippen LogP contribution in [-0.4, -0.2) is 44.2 Å². The van der Waals surface area contributed by atoms with Crippen molar-refractivity contribution in [3.8, 4) is 0 Å². The highest BCUT2D eigenvalue weighted by atomic mass is 127. The number of nitrogens with zero attached hydrogens (tertiary/aromatic N) is 2. The van der Waals surface area contributed by atoms with Gasteiger partial charge in [0.25, 0.3) is 0 Å². The second kappa shape index (κ2) is 10.0. The van der Waals surface area contributed by atoms with E-state index in [9.17, 15) is 4.39 Å². The largest absolute Gasteiger partial charge is 0.356 e. The summed E-state index contributed by atoms with van der Waals surface area (Å²) in [6.45, 7) is 4.67. The quantitative estimate of drug-likeness (QED) is 0.349. The van der Waals surface area contributed by atoms with Gasteiger partial charge in [-0.05, 0) is 30.2 Å². The van der Waals surface area contributed by atoms with Crippen LogP contribution in [0.1, 0.15) is 31.2 Å². The summed E-state index contributed by atoms with van der Waals surface area (Å²) in [7, 11) is 1.80. The number of alkyl halides is 1. The Labute approximate surface area is 150 Å². The van der Waals surface area contributed by atoms with Crippen LogP contribution in [0.3, 0.4) is 0 Å². The van der Waals surface area contributed by atoms with Gasteiger partial charge in [0.1, 0.15) is 0 Å². The van der Waals surface area contributed by atoms with Gasteiger partial charge in [-0.25, -0.2) is 0 Å². The summed E-state index contributed by atoms with van der Waals surface area (Å²) in [4.78, 5) is 6.62. The fraction of sp³-hybridized carbons (Fsp3) is 0.588. The zero-order valence-corrected chi connectivity index (χ0v) is 15.8. The monoisotopic (exact) mass is 419 g/mol. The van der Waals surface area contributed by atoms with Crippen LogP contribution in [-0.2, 0) is 0 Å². The lowest BCUT2D eigenvalue weighted by Gasteiger charge is -2.38. The molecular formula is C17H27FIN3. The number of piperidine rings is 1. The molecule has 2 rings (SSSR count). The zero-order chi connectivity index (χ0) is 15.1. The highest BCUT2D eigenvalue weighted by Crippen LogP contribution is 2.32. The van der Waals surface area contributed by atoms with Crippen molar-refractivity contribution in [3.63, 3.8) is 0 Å². The summed E-state index contributed by atoms with van der Waals surface area (Å²) in [5.41, 5.74) is 1.44. The van der Waals surface area contributed by atoms with Gasteiger partial charge in [-0.3, -0.25) is 9.38 Å². The number of aliphatic imine (C=N–C) groups is 1. The van der Waals surface area contributed by atoms with Gasteiger partial charge in [0.15, 0.2) is 5.96 Å². The molecule has 1 aromatic carbocycles. The average Bonchev–Trinajstić information content (AvgIpc) is 2.52. The number of nitrogens with one attached hydrogen (secondary N) is 1. The summed E-state index contributed by atoms with van der Waals surface area (Å²) >= 11 is 0. The second-order valence-corrected chi connectivity index (χ2v) is 5.75. The van der Waals surface area contributed by atoms with E-state index in [0.29, 0.717) is 24.8 Å². The van der Waals surface area contributed by atoms with E-state index in [1.165, 1.54) is 5.56 Å². The predicted molar refractivity (Wildman–Crippen MR) is 102 cm³/mol. The van der Waals surface area contributed by atoms with Crippen molar-refractivity contribution in [1.29, 1.82) is 0 Å². The smallest absolute Gasteiger partial charge is 0.193 e. The maximum absolute atomic E-state index is 12.2. The Balaban J connectivity index is 0.00000242. The maximum atomic E-state index is 12.2. The van der Waals surface area contributed by atoms with Gasteiger partial charge < -0.3 is 10.2 Å². The first kappa shape index (κ1) is 19.2. The molecule has 5 heteroatoms. The third-order valence-corrected chi connectivity index (χ3v) is 4.24. The minimum atomic E-state index is -0.281. The number of likely N-dealkylation sites (tertiary alicyclic amines) is 1. The van der Waals surface area contributed by atoms with Gasteiger partial charge >= 0.3 is 0 Å². The molecule has 1 aliphatic heterocycles. The number of hydrogen-bond donors (Lipinski definition) is 1. The summed E-state index contributed by atoms with van der Waals surface area (Å²) in [5, 5.41) is 3.25. The first-order valence-corrected chi connectivity index (χ1v) is 7.82. The number of rotatable bonds is 4. The lowest BCUT2D eigenvalue weighted by molar-refractivity contribution is 0.234. The minimum Gasteiger partial charge on any atom is -0.356 e. The second-order valence-electron chi connectivity index (χ2n) is 5.75. The summed E-state index contributed by atoms with van der Waals surface area (Å²) in [6.07, 6.45) is 1.67. The molecule has 22 heavy (non-hydrogen) atoms. The highest BCUT2D eigenvalue weighted by Gasteiger charge is 2.28. The van der Waals surface area contributed by atoms with Crippen LogP contribution in [0.4, 0.5) is 4.39 Å². The first-order chi connectivity index (χ1) is 10.3. The Bertz CT molecular complexity index is 452. The molecular weight excluding hydrogens is 392 g/mol. The van der Waals surface area contributed by atoms with Crippen molar-refractivity contribution >= 4 is 29.9 Å². The molecule has 1 fully saturated rings. The van der Waals surface area contributed by atoms with Crippen molar-refractivity contribution < 1.29 is 4.39 Å². The van der Waals surface area contributed by atoms with E-state index in [0.717, 1.165) is 25.5 Å². The highest BCUT2D eigenvalue weighted by molar-refractivity contribution is 14.0. The van der Waals surface area contributed by atoms with Gasteiger partial charge in [-0.2, -0.15) is 0 Å². The van der Waals surface area contributed by atoms with E-state index in [-0.39, 0.29) is 30.7 Å². The number of guanidine groups is 1. The predicted octanol–water partition coefficient (Wildman–Crippen LogP) is 3.67. The van der Waals surface area contributed by atoms with Crippen molar-refractivity contribution in [2.45, 2.75) is 25.7 Å². The van der Waals surface area contributed by atoms with E-state index >= 15 is 0 Å². The van der Waals surface area contributed by atoms with Crippen LogP contribution in [0.5, 0.6) is 0 Å². The molecule has 1 heterocycles. The van der Waals surface area contributed by atoms with Gasteiger partial charge in [0, 0.05) is 26.7 Å². The minimum absolute atomic E-state index is 0. The van der Waals surface area contributed by atoms with Crippen LogP contribution in [0.15, 0.2) is 35.3 Å². The molecule has 0 amide bonds. The van der Waals surface area contributed by atoms with Crippen LogP contribution in [0, 0.1) is 5.92 Å². The van der Waals surface area contributed by atoms with Crippen LogP contribution < -0.4 is 5.32 Å². The molecule has 3 nitrogen and oxygen atoms in total. The van der Waals surface area contributed by atoms with Crippen molar-refractivity contribution in [3.05, 3.63) is 35.9 Å². The Kier molecular flexibility index (Phi) is 8.75. The lowest BCUT2D eigenvalue weighted by atomic mass is 9.82. The molecule has 0 aromatic heterocycles. The average molecular weight is 419 g/mol. The van der Waals surface area contributed by atoms with E-state index < -0.39 is 0 Å². The summed E-state index contributed by atoms with van der Waals surface area (Å²) < 4.78 is 12.2. The van der Waals surface area contributed by atoms with Crippen molar-refractivity contribution in [1.82, 2.24) is 10.2 Å². The zero-order valence-electron chi connectivity index (χ0n) is 13.5. The third kappa shape index (κ3) is 5.11. The fourth-order valence-corrected chi connectivity index (χ4v) is 3.13. The molecule has 0 aliphatic carbocycles. The summed E-state index contributed by atoms with van der Waals surface area (Å²) in [5.74, 6) is 2.11. The molecule has 1 aliphatic rings. The van der Waals surface area contributed by atoms with Gasteiger partial charge in [-0.1, -0.05) is 37.3 Å². The van der Waals surface area contributed by atoms with Gasteiger partial charge in [-0.15, -0.1) is 24.0 Å². The van der Waals surface area contributed by atoms with E-state index in [1.54, 1.807) is 7.05 Å². The molecule has 2 atom stereocenters. The van der Waals surface area contributed by atoms with E-state index in [4.69, 9.17) is 0 Å². The van der Waals surface area contributed by atoms with Gasteiger partial charge in [0.2, 0.25) is 0 Å². The number of benzene rings is 1. The molecule has 0 bridgehead atoms. The summed E-state index contributed by atoms with van der Waals surface area (Å²) in [6, 6.07) is 10.8. The molecule has 1 N–H and O–H groups in total. The molecule has 0 radical (unpaired) electrons. The SMILES string of the molecule is CN=C(NCCCF)N1CCC(c2ccccc2)C(C)C1.I. The van der Waals surface area contributed by atoms with Gasteiger partial charge in [0.05, 0.1) is 6.67 Å². The van der Waals surface area contributed by atoms with Crippen molar-refractivity contribution in [2.75, 3.05) is 33.4 Å². The molecule has 2 unspecified atom stereocenters. The molecule has 0 saturated carbocycles. The number of hydrogen-bond acceptors (Lipinski definition) is 1. The first-order valence-electron chi connectivity index (χ1n) is 7.82. The molecule has 124 valence electrons. The molecule has 1 saturated heterocycles. The Morgan fingerprint density at radius 2 is 2.09 bits per heavy atom. The maximum Gasteiger partial charge on any atom is 0.193 e. The Hall–Kier alpha value is -0.850.